The maximum atomic E-state index is 9.85. The van der Waals surface area contributed by atoms with Gasteiger partial charge in [0.05, 0.1) is 16.8 Å². The van der Waals surface area contributed by atoms with Crippen LogP contribution in [0.4, 0.5) is 0 Å². The number of hydrogen-bond acceptors (Lipinski definition) is 4. The van der Waals surface area contributed by atoms with E-state index in [4.69, 9.17) is 0 Å². The Hall–Kier alpha value is -0.450. The number of hydrogen-bond donors (Lipinski definition) is 1. The van der Waals surface area contributed by atoms with E-state index in [9.17, 15) is 5.11 Å². The molecule has 0 radical (unpaired) electrons. The minimum Gasteiger partial charge on any atom is -0.387 e. The molecule has 1 fully saturated rings. The van der Waals surface area contributed by atoms with E-state index in [1.54, 1.807) is 11.3 Å². The van der Waals surface area contributed by atoms with Gasteiger partial charge in [0.15, 0.2) is 0 Å². The van der Waals surface area contributed by atoms with Crippen LogP contribution in [0.1, 0.15) is 23.9 Å². The van der Waals surface area contributed by atoms with Crippen molar-refractivity contribution in [3.05, 3.63) is 16.1 Å². The molecule has 3 nitrogen and oxygen atoms in total. The van der Waals surface area contributed by atoms with Gasteiger partial charge in [-0.05, 0) is 19.8 Å². The lowest BCUT2D eigenvalue weighted by molar-refractivity contribution is -0.0985. The van der Waals surface area contributed by atoms with Gasteiger partial charge in [0.1, 0.15) is 0 Å². The summed E-state index contributed by atoms with van der Waals surface area (Å²) in [6.07, 6.45) is 1.93. The molecule has 84 valence electrons. The summed E-state index contributed by atoms with van der Waals surface area (Å²) in [6.45, 7) is 6.82. The van der Waals surface area contributed by atoms with Crippen LogP contribution < -0.4 is 0 Å². The van der Waals surface area contributed by atoms with Crippen molar-refractivity contribution in [2.24, 2.45) is 0 Å². The second kappa shape index (κ2) is 4.20. The van der Waals surface area contributed by atoms with Crippen LogP contribution in [0, 0.1) is 6.92 Å². The third kappa shape index (κ3) is 2.38. The van der Waals surface area contributed by atoms with E-state index in [1.165, 1.54) is 4.88 Å². The largest absolute Gasteiger partial charge is 0.387 e. The van der Waals surface area contributed by atoms with Gasteiger partial charge in [-0.2, -0.15) is 0 Å². The lowest BCUT2D eigenvalue weighted by Gasteiger charge is -2.46. The number of thiazole rings is 1. The molecule has 0 bridgehead atoms. The van der Waals surface area contributed by atoms with Gasteiger partial charge in [0, 0.05) is 24.5 Å². The molecule has 1 aromatic rings. The van der Waals surface area contributed by atoms with E-state index in [2.05, 4.69) is 16.8 Å². The van der Waals surface area contributed by atoms with Crippen molar-refractivity contribution in [1.82, 2.24) is 9.88 Å². The van der Waals surface area contributed by atoms with E-state index in [0.29, 0.717) is 0 Å². The summed E-state index contributed by atoms with van der Waals surface area (Å²) in [5.41, 5.74) is 2.66. The van der Waals surface area contributed by atoms with Crippen molar-refractivity contribution in [2.45, 2.75) is 32.3 Å². The molecule has 4 heteroatoms. The number of nitrogens with zero attached hydrogens (tertiary/aromatic N) is 2. The van der Waals surface area contributed by atoms with Crippen molar-refractivity contribution >= 4 is 11.3 Å². The Labute approximate surface area is 94.8 Å². The zero-order valence-corrected chi connectivity index (χ0v) is 10.2. The maximum absolute atomic E-state index is 9.85. The highest BCUT2D eigenvalue weighted by Gasteiger charge is 2.38. The summed E-state index contributed by atoms with van der Waals surface area (Å²) in [6, 6.07) is 0. The van der Waals surface area contributed by atoms with Gasteiger partial charge in [-0.25, -0.2) is 4.98 Å². The predicted octanol–water partition coefficient (Wildman–Crippen LogP) is 1.45. The number of β-amino-alcohol motifs (C(OH)–C–C–N with tert-alkyl or cyclic N) is 1. The summed E-state index contributed by atoms with van der Waals surface area (Å²) >= 11 is 1.73. The van der Waals surface area contributed by atoms with Gasteiger partial charge < -0.3 is 5.11 Å². The molecule has 0 unspecified atom stereocenters. The SMILES string of the molecule is CCC1(O)CN(CCc2scnc2C)C1. The minimum absolute atomic E-state index is 0.400. The van der Waals surface area contributed by atoms with Crippen molar-refractivity contribution < 1.29 is 5.11 Å². The van der Waals surface area contributed by atoms with Gasteiger partial charge in [-0.1, -0.05) is 6.92 Å². The van der Waals surface area contributed by atoms with E-state index in [0.717, 1.165) is 38.2 Å². The highest BCUT2D eigenvalue weighted by Crippen LogP contribution is 2.24. The number of aliphatic hydroxyl groups is 1. The van der Waals surface area contributed by atoms with Gasteiger partial charge in [0.25, 0.3) is 0 Å². The normalized spacial score (nSPS) is 20.2. The lowest BCUT2D eigenvalue weighted by atomic mass is 9.91. The third-order valence-corrected chi connectivity index (χ3v) is 4.19. The number of rotatable bonds is 4. The minimum atomic E-state index is -0.400. The molecule has 0 saturated carbocycles. The Morgan fingerprint density at radius 2 is 2.33 bits per heavy atom. The third-order valence-electron chi connectivity index (χ3n) is 3.19. The van der Waals surface area contributed by atoms with Gasteiger partial charge in [-0.3, -0.25) is 4.90 Å². The Kier molecular flexibility index (Phi) is 3.09. The predicted molar refractivity (Wildman–Crippen MR) is 62.2 cm³/mol. The lowest BCUT2D eigenvalue weighted by Crippen LogP contribution is -2.61. The number of likely N-dealkylation sites (tertiary alicyclic amines) is 1. The van der Waals surface area contributed by atoms with E-state index >= 15 is 0 Å². The van der Waals surface area contributed by atoms with Crippen LogP contribution in [0.25, 0.3) is 0 Å². The average Bonchev–Trinajstić information content (AvgIpc) is 2.57. The molecule has 2 rings (SSSR count). The van der Waals surface area contributed by atoms with Crippen molar-refractivity contribution in [3.8, 4) is 0 Å². The highest BCUT2D eigenvalue weighted by atomic mass is 32.1. The summed E-state index contributed by atoms with van der Waals surface area (Å²) in [5, 5.41) is 9.85. The first-order valence-electron chi connectivity index (χ1n) is 5.47. The molecular formula is C11H18N2OS. The second-order valence-corrected chi connectivity index (χ2v) is 5.34. The van der Waals surface area contributed by atoms with Crippen molar-refractivity contribution in [1.29, 1.82) is 0 Å². The molecule has 0 aromatic carbocycles. The van der Waals surface area contributed by atoms with Crippen LogP contribution in [-0.4, -0.2) is 40.2 Å². The van der Waals surface area contributed by atoms with Crippen molar-refractivity contribution in [3.63, 3.8) is 0 Å². The van der Waals surface area contributed by atoms with Crippen LogP contribution in [0.5, 0.6) is 0 Å². The molecule has 1 aliphatic heterocycles. The second-order valence-electron chi connectivity index (χ2n) is 4.40. The summed E-state index contributed by atoms with van der Waals surface area (Å²) in [5.74, 6) is 0. The van der Waals surface area contributed by atoms with Crippen LogP contribution in [0.15, 0.2) is 5.51 Å². The molecule has 15 heavy (non-hydrogen) atoms. The van der Waals surface area contributed by atoms with E-state index < -0.39 is 5.60 Å². The Bertz CT molecular complexity index is 331. The van der Waals surface area contributed by atoms with Crippen LogP contribution in [-0.2, 0) is 6.42 Å². The standard InChI is InChI=1S/C11H18N2OS/c1-3-11(14)6-13(7-11)5-4-10-9(2)12-8-15-10/h8,14H,3-7H2,1-2H3. The summed E-state index contributed by atoms with van der Waals surface area (Å²) in [4.78, 5) is 7.92. The molecule has 1 aliphatic rings. The van der Waals surface area contributed by atoms with Crippen LogP contribution in [0.2, 0.25) is 0 Å². The van der Waals surface area contributed by atoms with Crippen LogP contribution in [0.3, 0.4) is 0 Å². The zero-order chi connectivity index (χ0) is 10.9. The van der Waals surface area contributed by atoms with Crippen molar-refractivity contribution in [2.75, 3.05) is 19.6 Å². The molecule has 0 aliphatic carbocycles. The Morgan fingerprint density at radius 3 is 2.87 bits per heavy atom. The number of aromatic nitrogens is 1. The fourth-order valence-corrected chi connectivity index (χ4v) is 2.76. The molecule has 2 heterocycles. The molecule has 0 spiro atoms. The first-order chi connectivity index (χ1) is 7.13. The van der Waals surface area contributed by atoms with Gasteiger partial charge >= 0.3 is 0 Å². The van der Waals surface area contributed by atoms with E-state index in [-0.39, 0.29) is 0 Å². The zero-order valence-electron chi connectivity index (χ0n) is 9.36. The molecule has 1 aromatic heterocycles. The quantitative estimate of drug-likeness (QED) is 0.844. The smallest absolute Gasteiger partial charge is 0.0897 e. The van der Waals surface area contributed by atoms with Gasteiger partial charge in [-0.15, -0.1) is 11.3 Å². The Morgan fingerprint density at radius 1 is 1.60 bits per heavy atom. The summed E-state index contributed by atoms with van der Waals surface area (Å²) < 4.78 is 0. The van der Waals surface area contributed by atoms with Gasteiger partial charge in [0.2, 0.25) is 0 Å². The Balaban J connectivity index is 1.75. The molecule has 0 amide bonds. The monoisotopic (exact) mass is 226 g/mol. The fraction of sp³-hybridized carbons (Fsp3) is 0.727. The molecule has 1 saturated heterocycles. The molecule has 1 N–H and O–H groups in total. The maximum Gasteiger partial charge on any atom is 0.0897 e. The molecular weight excluding hydrogens is 208 g/mol. The summed E-state index contributed by atoms with van der Waals surface area (Å²) in [7, 11) is 0. The first-order valence-corrected chi connectivity index (χ1v) is 6.34. The fourth-order valence-electron chi connectivity index (χ4n) is 1.99. The van der Waals surface area contributed by atoms with Crippen LogP contribution >= 0.6 is 11.3 Å². The topological polar surface area (TPSA) is 36.4 Å². The first kappa shape index (κ1) is 11.0. The molecule has 0 atom stereocenters. The van der Waals surface area contributed by atoms with E-state index in [1.807, 2.05) is 12.4 Å². The highest BCUT2D eigenvalue weighted by molar-refractivity contribution is 7.09. The number of aryl methyl sites for hydroxylation is 1. The average molecular weight is 226 g/mol.